The highest BCUT2D eigenvalue weighted by Gasteiger charge is 2.21. The van der Waals surface area contributed by atoms with E-state index in [1.165, 1.54) is 9.13 Å². The lowest BCUT2D eigenvalue weighted by Crippen LogP contribution is -2.39. The number of carbonyl (C=O) groups excluding carboxylic acids is 1. The van der Waals surface area contributed by atoms with Crippen LogP contribution in [0.2, 0.25) is 0 Å². The first-order valence-corrected chi connectivity index (χ1v) is 8.90. The van der Waals surface area contributed by atoms with Gasteiger partial charge in [0.15, 0.2) is 11.5 Å². The summed E-state index contributed by atoms with van der Waals surface area (Å²) in [7, 11) is 1.67. The molecular formula is C19H21N5O2. The molecule has 3 aromatic rings. The minimum Gasteiger partial charge on any atom is -0.341 e. The van der Waals surface area contributed by atoms with Crippen molar-refractivity contribution in [2.24, 2.45) is 7.05 Å². The molecule has 1 fully saturated rings. The molecule has 1 amide bonds. The van der Waals surface area contributed by atoms with Crippen molar-refractivity contribution in [1.82, 2.24) is 24.0 Å². The smallest absolute Gasteiger partial charge is 0.330 e. The van der Waals surface area contributed by atoms with Gasteiger partial charge >= 0.3 is 5.69 Å². The summed E-state index contributed by atoms with van der Waals surface area (Å²) < 4.78 is 2.95. The van der Waals surface area contributed by atoms with Gasteiger partial charge in [0.1, 0.15) is 12.1 Å². The Morgan fingerprint density at radius 3 is 2.58 bits per heavy atom. The molecule has 1 aromatic carbocycles. The quantitative estimate of drug-likeness (QED) is 0.721. The highest BCUT2D eigenvalue weighted by atomic mass is 16.2. The normalized spacial score (nSPS) is 14.7. The third-order valence-corrected chi connectivity index (χ3v) is 4.91. The van der Waals surface area contributed by atoms with Crippen molar-refractivity contribution in [3.63, 3.8) is 0 Å². The Labute approximate surface area is 150 Å². The van der Waals surface area contributed by atoms with Gasteiger partial charge in [-0.15, -0.1) is 0 Å². The topological polar surface area (TPSA) is 73.0 Å². The third kappa shape index (κ3) is 2.89. The predicted molar refractivity (Wildman–Crippen MR) is 98.6 cm³/mol. The molecule has 0 bridgehead atoms. The first-order chi connectivity index (χ1) is 12.6. The molecule has 26 heavy (non-hydrogen) atoms. The number of rotatable bonds is 3. The molecule has 0 aliphatic carbocycles. The summed E-state index contributed by atoms with van der Waals surface area (Å²) in [6, 6.07) is 9.63. The van der Waals surface area contributed by atoms with E-state index in [2.05, 4.69) is 9.97 Å². The van der Waals surface area contributed by atoms with Crippen molar-refractivity contribution in [2.45, 2.75) is 25.8 Å². The summed E-state index contributed by atoms with van der Waals surface area (Å²) in [4.78, 5) is 36.0. The van der Waals surface area contributed by atoms with Crippen molar-refractivity contribution in [1.29, 1.82) is 0 Å². The Balaban J connectivity index is 1.71. The minimum absolute atomic E-state index is 0.0218. The fourth-order valence-electron chi connectivity index (χ4n) is 3.44. The molecule has 0 radical (unpaired) electrons. The number of fused-ring (bicyclic) bond motifs is 1. The highest BCUT2D eigenvalue weighted by molar-refractivity contribution is 5.80. The van der Waals surface area contributed by atoms with Gasteiger partial charge in [0, 0.05) is 25.7 Å². The lowest BCUT2D eigenvalue weighted by atomic mass is 10.1. The SMILES string of the molecule is Cn1c(=O)n(CC(=O)N2CCCCC2)c2cnc(-c3ccccc3)nc21. The predicted octanol–water partition coefficient (Wildman–Crippen LogP) is 1.81. The van der Waals surface area contributed by atoms with E-state index in [-0.39, 0.29) is 18.1 Å². The van der Waals surface area contributed by atoms with Gasteiger partial charge < -0.3 is 4.90 Å². The van der Waals surface area contributed by atoms with E-state index >= 15 is 0 Å². The Morgan fingerprint density at radius 2 is 1.85 bits per heavy atom. The fourth-order valence-corrected chi connectivity index (χ4v) is 3.44. The van der Waals surface area contributed by atoms with Gasteiger partial charge in [-0.05, 0) is 19.3 Å². The van der Waals surface area contributed by atoms with Crippen LogP contribution >= 0.6 is 0 Å². The van der Waals surface area contributed by atoms with Gasteiger partial charge in [0.05, 0.1) is 6.20 Å². The molecule has 4 rings (SSSR count). The van der Waals surface area contributed by atoms with Crippen LogP contribution in [0.15, 0.2) is 41.3 Å². The molecule has 0 N–H and O–H groups in total. The second-order valence-corrected chi connectivity index (χ2v) is 6.64. The maximum Gasteiger partial charge on any atom is 0.330 e. The zero-order valence-electron chi connectivity index (χ0n) is 14.8. The largest absolute Gasteiger partial charge is 0.341 e. The van der Waals surface area contributed by atoms with Gasteiger partial charge in [-0.1, -0.05) is 30.3 Å². The number of likely N-dealkylation sites (tertiary alicyclic amines) is 1. The number of aromatic nitrogens is 4. The monoisotopic (exact) mass is 351 g/mol. The standard InChI is InChI=1S/C19H21N5O2/c1-22-18-15(12-20-17(21-18)14-8-4-2-5-9-14)24(19(22)26)13-16(25)23-10-6-3-7-11-23/h2,4-5,8-9,12H,3,6-7,10-11,13H2,1H3. The van der Waals surface area contributed by atoms with E-state index in [9.17, 15) is 9.59 Å². The summed E-state index contributed by atoms with van der Waals surface area (Å²) in [5.74, 6) is 0.541. The van der Waals surface area contributed by atoms with Crippen LogP contribution in [0.3, 0.4) is 0 Å². The number of piperidine rings is 1. The zero-order chi connectivity index (χ0) is 18.1. The molecular weight excluding hydrogens is 330 g/mol. The molecule has 0 atom stereocenters. The first-order valence-electron chi connectivity index (χ1n) is 8.90. The number of amides is 1. The van der Waals surface area contributed by atoms with Gasteiger partial charge in [-0.3, -0.25) is 13.9 Å². The number of hydrogen-bond donors (Lipinski definition) is 0. The van der Waals surface area contributed by atoms with Crippen LogP contribution in [0.5, 0.6) is 0 Å². The summed E-state index contributed by atoms with van der Waals surface area (Å²) in [6.07, 6.45) is 4.85. The number of nitrogens with zero attached hydrogens (tertiary/aromatic N) is 5. The molecule has 1 saturated heterocycles. The number of imidazole rings is 1. The number of hydrogen-bond acceptors (Lipinski definition) is 4. The summed E-state index contributed by atoms with van der Waals surface area (Å²) in [5, 5.41) is 0. The molecule has 7 nitrogen and oxygen atoms in total. The van der Waals surface area contributed by atoms with Crippen LogP contribution in [0.25, 0.3) is 22.6 Å². The van der Waals surface area contributed by atoms with Crippen molar-refractivity contribution in [3.8, 4) is 11.4 Å². The van der Waals surface area contributed by atoms with Crippen LogP contribution in [0, 0.1) is 0 Å². The van der Waals surface area contributed by atoms with E-state index in [0.717, 1.165) is 37.9 Å². The van der Waals surface area contributed by atoms with Crippen LogP contribution in [-0.2, 0) is 18.4 Å². The Hall–Kier alpha value is -2.96. The van der Waals surface area contributed by atoms with E-state index in [4.69, 9.17) is 0 Å². The molecule has 2 aromatic heterocycles. The maximum absolute atomic E-state index is 12.6. The number of aryl methyl sites for hydroxylation is 1. The van der Waals surface area contributed by atoms with Crippen LogP contribution in [0.1, 0.15) is 19.3 Å². The third-order valence-electron chi connectivity index (χ3n) is 4.91. The van der Waals surface area contributed by atoms with Crippen molar-refractivity contribution in [3.05, 3.63) is 47.0 Å². The van der Waals surface area contributed by atoms with Crippen LogP contribution in [-0.4, -0.2) is 43.0 Å². The molecule has 0 saturated carbocycles. The van der Waals surface area contributed by atoms with Gasteiger partial charge in [-0.2, -0.15) is 0 Å². The zero-order valence-corrected chi connectivity index (χ0v) is 14.8. The van der Waals surface area contributed by atoms with E-state index in [0.29, 0.717) is 17.0 Å². The minimum atomic E-state index is -0.245. The van der Waals surface area contributed by atoms with E-state index < -0.39 is 0 Å². The molecule has 1 aliphatic heterocycles. The molecule has 134 valence electrons. The Kier molecular flexibility index (Phi) is 4.28. The lowest BCUT2D eigenvalue weighted by molar-refractivity contribution is -0.132. The van der Waals surface area contributed by atoms with E-state index in [1.807, 2.05) is 35.2 Å². The van der Waals surface area contributed by atoms with Crippen LogP contribution < -0.4 is 5.69 Å². The molecule has 0 unspecified atom stereocenters. The second kappa shape index (κ2) is 6.74. The molecule has 3 heterocycles. The molecule has 7 heteroatoms. The Morgan fingerprint density at radius 1 is 1.12 bits per heavy atom. The molecule has 0 spiro atoms. The first kappa shape index (κ1) is 16.5. The van der Waals surface area contributed by atoms with Crippen molar-refractivity contribution in [2.75, 3.05) is 13.1 Å². The van der Waals surface area contributed by atoms with Crippen LogP contribution in [0.4, 0.5) is 0 Å². The average molecular weight is 351 g/mol. The summed E-state index contributed by atoms with van der Waals surface area (Å²) >= 11 is 0. The van der Waals surface area contributed by atoms with Gasteiger partial charge in [0.2, 0.25) is 5.91 Å². The van der Waals surface area contributed by atoms with Crippen molar-refractivity contribution < 1.29 is 4.79 Å². The molecule has 1 aliphatic rings. The van der Waals surface area contributed by atoms with Crippen molar-refractivity contribution >= 4 is 17.1 Å². The number of benzene rings is 1. The average Bonchev–Trinajstić information content (AvgIpc) is 2.94. The highest BCUT2D eigenvalue weighted by Crippen LogP contribution is 2.18. The van der Waals surface area contributed by atoms with Gasteiger partial charge in [-0.25, -0.2) is 14.8 Å². The second-order valence-electron chi connectivity index (χ2n) is 6.64. The Bertz CT molecular complexity index is 1000. The number of carbonyl (C=O) groups is 1. The maximum atomic E-state index is 12.6. The van der Waals surface area contributed by atoms with Gasteiger partial charge in [0.25, 0.3) is 0 Å². The lowest BCUT2D eigenvalue weighted by Gasteiger charge is -2.26. The summed E-state index contributed by atoms with van der Waals surface area (Å²) in [5.41, 5.74) is 1.77. The van der Waals surface area contributed by atoms with E-state index in [1.54, 1.807) is 13.2 Å². The fraction of sp³-hybridized carbons (Fsp3) is 0.368. The summed E-state index contributed by atoms with van der Waals surface area (Å²) in [6.45, 7) is 1.57.